The summed E-state index contributed by atoms with van der Waals surface area (Å²) in [6.07, 6.45) is 2.15. The number of likely N-dealkylation sites (tertiary alicyclic amines) is 1. The summed E-state index contributed by atoms with van der Waals surface area (Å²) in [7, 11) is 0. The number of nitrogens with two attached hydrogens (primary N) is 1. The Kier molecular flexibility index (Phi) is 4.57. The number of carbonyl (C=O) groups is 1. The van der Waals surface area contributed by atoms with Crippen LogP contribution in [0.4, 0.5) is 4.39 Å². The molecule has 3 unspecified atom stereocenters. The molecule has 2 aliphatic rings. The van der Waals surface area contributed by atoms with Gasteiger partial charge >= 0.3 is 0 Å². The Morgan fingerprint density at radius 3 is 2.75 bits per heavy atom. The topological polar surface area (TPSA) is 46.3 Å². The second kappa shape index (κ2) is 5.88. The maximum absolute atomic E-state index is 13.1. The molecule has 1 aliphatic heterocycles. The zero-order valence-corrected chi connectivity index (χ0v) is 12.5. The minimum atomic E-state index is -0.501. The van der Waals surface area contributed by atoms with Crippen molar-refractivity contribution in [3.05, 3.63) is 34.6 Å². The molecule has 6 heteroatoms. The molecule has 0 radical (unpaired) electrons. The predicted octanol–water partition coefficient (Wildman–Crippen LogP) is 2.71. The van der Waals surface area contributed by atoms with Gasteiger partial charge < -0.3 is 10.6 Å². The van der Waals surface area contributed by atoms with Gasteiger partial charge in [0, 0.05) is 24.7 Å². The van der Waals surface area contributed by atoms with Gasteiger partial charge in [0.1, 0.15) is 5.82 Å². The van der Waals surface area contributed by atoms with Gasteiger partial charge in [0.2, 0.25) is 0 Å². The summed E-state index contributed by atoms with van der Waals surface area (Å²) in [6.45, 7) is 1.46. The SMILES string of the molecule is Cl.NC1CCC2CN(C(=O)c3ccc(F)c(Cl)c3)CC12. The summed E-state index contributed by atoms with van der Waals surface area (Å²) in [5.41, 5.74) is 6.50. The van der Waals surface area contributed by atoms with Crippen molar-refractivity contribution in [2.24, 2.45) is 17.6 Å². The number of rotatable bonds is 1. The van der Waals surface area contributed by atoms with E-state index in [1.807, 2.05) is 4.90 Å². The Balaban J connectivity index is 0.00000147. The molecule has 0 bridgehead atoms. The largest absolute Gasteiger partial charge is 0.338 e. The third-order valence-electron chi connectivity index (χ3n) is 4.37. The second-order valence-corrected chi connectivity index (χ2v) is 5.91. The Labute approximate surface area is 128 Å². The van der Waals surface area contributed by atoms with Crippen molar-refractivity contribution in [3.8, 4) is 0 Å². The van der Waals surface area contributed by atoms with Gasteiger partial charge in [0.15, 0.2) is 0 Å². The lowest BCUT2D eigenvalue weighted by Gasteiger charge is -2.19. The molecule has 2 fully saturated rings. The maximum atomic E-state index is 13.1. The van der Waals surface area contributed by atoms with Crippen LogP contribution >= 0.6 is 24.0 Å². The summed E-state index contributed by atoms with van der Waals surface area (Å²) < 4.78 is 13.1. The minimum absolute atomic E-state index is 0. The molecule has 1 aliphatic carbocycles. The van der Waals surface area contributed by atoms with Crippen molar-refractivity contribution >= 4 is 29.9 Å². The van der Waals surface area contributed by atoms with Gasteiger partial charge in [-0.2, -0.15) is 0 Å². The summed E-state index contributed by atoms with van der Waals surface area (Å²) >= 11 is 5.72. The lowest BCUT2D eigenvalue weighted by atomic mass is 9.98. The summed E-state index contributed by atoms with van der Waals surface area (Å²) in [6, 6.07) is 4.32. The van der Waals surface area contributed by atoms with Crippen molar-refractivity contribution in [1.29, 1.82) is 0 Å². The van der Waals surface area contributed by atoms with Gasteiger partial charge in [-0.15, -0.1) is 12.4 Å². The van der Waals surface area contributed by atoms with Crippen molar-refractivity contribution in [3.63, 3.8) is 0 Å². The third kappa shape index (κ3) is 2.65. The first-order valence-electron chi connectivity index (χ1n) is 6.56. The zero-order chi connectivity index (χ0) is 13.6. The van der Waals surface area contributed by atoms with Crippen LogP contribution in [-0.2, 0) is 0 Å². The van der Waals surface area contributed by atoms with Crippen molar-refractivity contribution in [1.82, 2.24) is 4.90 Å². The molecule has 1 heterocycles. The van der Waals surface area contributed by atoms with Crippen LogP contribution in [0, 0.1) is 17.7 Å². The molecule has 3 atom stereocenters. The van der Waals surface area contributed by atoms with Crippen LogP contribution in [0.3, 0.4) is 0 Å². The number of benzene rings is 1. The first-order chi connectivity index (χ1) is 9.06. The van der Waals surface area contributed by atoms with E-state index in [0.717, 1.165) is 19.4 Å². The highest BCUT2D eigenvalue weighted by atomic mass is 35.5. The van der Waals surface area contributed by atoms with Gasteiger partial charge in [0.25, 0.3) is 5.91 Å². The fourth-order valence-electron chi connectivity index (χ4n) is 3.29. The van der Waals surface area contributed by atoms with Gasteiger partial charge in [-0.25, -0.2) is 4.39 Å². The first-order valence-corrected chi connectivity index (χ1v) is 6.94. The third-order valence-corrected chi connectivity index (χ3v) is 4.66. The lowest BCUT2D eigenvalue weighted by Crippen LogP contribution is -2.33. The molecule has 1 saturated heterocycles. The number of halogens is 3. The van der Waals surface area contributed by atoms with Crippen LogP contribution in [0.25, 0.3) is 0 Å². The van der Waals surface area contributed by atoms with E-state index < -0.39 is 5.82 Å². The molecule has 1 aromatic rings. The van der Waals surface area contributed by atoms with Crippen molar-refractivity contribution in [2.75, 3.05) is 13.1 Å². The molecule has 20 heavy (non-hydrogen) atoms. The summed E-state index contributed by atoms with van der Waals surface area (Å²) in [4.78, 5) is 14.2. The van der Waals surface area contributed by atoms with E-state index in [1.54, 1.807) is 0 Å². The zero-order valence-electron chi connectivity index (χ0n) is 10.9. The standard InChI is InChI=1S/C14H16ClFN2O.ClH/c15-11-5-8(1-3-12(11)16)14(19)18-6-9-2-4-13(17)10(9)7-18;/h1,3,5,9-10,13H,2,4,6-7,17H2;1H. The second-order valence-electron chi connectivity index (χ2n) is 5.50. The van der Waals surface area contributed by atoms with Crippen LogP contribution in [0.1, 0.15) is 23.2 Å². The molecule has 1 amide bonds. The Morgan fingerprint density at radius 2 is 2.10 bits per heavy atom. The fourth-order valence-corrected chi connectivity index (χ4v) is 3.47. The fraction of sp³-hybridized carbons (Fsp3) is 0.500. The number of hydrogen-bond acceptors (Lipinski definition) is 2. The molecular weight excluding hydrogens is 302 g/mol. The number of amides is 1. The molecule has 110 valence electrons. The highest BCUT2D eigenvalue weighted by Crippen LogP contribution is 2.37. The van der Waals surface area contributed by atoms with Crippen LogP contribution in [0.15, 0.2) is 18.2 Å². The highest BCUT2D eigenvalue weighted by molar-refractivity contribution is 6.31. The van der Waals surface area contributed by atoms with Crippen LogP contribution in [0.2, 0.25) is 5.02 Å². The number of carbonyl (C=O) groups excluding carboxylic acids is 1. The molecule has 2 N–H and O–H groups in total. The molecular formula is C14H17Cl2FN2O. The van der Waals surface area contributed by atoms with Crippen LogP contribution in [0.5, 0.6) is 0 Å². The minimum Gasteiger partial charge on any atom is -0.338 e. The van der Waals surface area contributed by atoms with Gasteiger partial charge in [-0.1, -0.05) is 11.6 Å². The number of nitrogens with zero attached hydrogens (tertiary/aromatic N) is 1. The van der Waals surface area contributed by atoms with Crippen molar-refractivity contribution in [2.45, 2.75) is 18.9 Å². The van der Waals surface area contributed by atoms with E-state index in [4.69, 9.17) is 17.3 Å². The van der Waals surface area contributed by atoms with E-state index in [-0.39, 0.29) is 29.4 Å². The van der Waals surface area contributed by atoms with E-state index >= 15 is 0 Å². The number of fused-ring (bicyclic) bond motifs is 1. The summed E-state index contributed by atoms with van der Waals surface area (Å²) in [5.74, 6) is 0.358. The van der Waals surface area contributed by atoms with E-state index in [0.29, 0.717) is 23.9 Å². The molecule has 1 saturated carbocycles. The Morgan fingerprint density at radius 1 is 1.35 bits per heavy atom. The molecule has 0 aromatic heterocycles. The normalized spacial score (nSPS) is 28.1. The predicted molar refractivity (Wildman–Crippen MR) is 78.8 cm³/mol. The Bertz CT molecular complexity index is 526. The number of hydrogen-bond donors (Lipinski definition) is 1. The van der Waals surface area contributed by atoms with Crippen LogP contribution < -0.4 is 5.73 Å². The smallest absolute Gasteiger partial charge is 0.253 e. The quantitative estimate of drug-likeness (QED) is 0.865. The molecule has 3 nitrogen and oxygen atoms in total. The molecule has 0 spiro atoms. The monoisotopic (exact) mass is 318 g/mol. The summed E-state index contributed by atoms with van der Waals surface area (Å²) in [5, 5.41) is -0.0121. The lowest BCUT2D eigenvalue weighted by molar-refractivity contribution is 0.0779. The highest BCUT2D eigenvalue weighted by Gasteiger charge is 2.42. The van der Waals surface area contributed by atoms with E-state index in [2.05, 4.69) is 0 Å². The Hall–Kier alpha value is -0.840. The van der Waals surface area contributed by atoms with Crippen molar-refractivity contribution < 1.29 is 9.18 Å². The van der Waals surface area contributed by atoms with Crippen LogP contribution in [-0.4, -0.2) is 29.9 Å². The van der Waals surface area contributed by atoms with E-state index in [1.165, 1.54) is 18.2 Å². The van der Waals surface area contributed by atoms with E-state index in [9.17, 15) is 9.18 Å². The van der Waals surface area contributed by atoms with Gasteiger partial charge in [0.05, 0.1) is 5.02 Å². The van der Waals surface area contributed by atoms with Gasteiger partial charge in [-0.05, 0) is 42.9 Å². The van der Waals surface area contributed by atoms with Gasteiger partial charge in [-0.3, -0.25) is 4.79 Å². The average molecular weight is 319 g/mol. The molecule has 1 aromatic carbocycles. The molecule has 3 rings (SSSR count). The maximum Gasteiger partial charge on any atom is 0.253 e. The first kappa shape index (κ1) is 15.5. The average Bonchev–Trinajstić information content (AvgIpc) is 2.95.